The first-order chi connectivity index (χ1) is 9.60. The summed E-state index contributed by atoms with van der Waals surface area (Å²) in [4.78, 5) is 11.2. The molecule has 0 saturated carbocycles. The summed E-state index contributed by atoms with van der Waals surface area (Å²) in [6, 6.07) is 12.6. The van der Waals surface area contributed by atoms with E-state index in [1.54, 1.807) is 25.3 Å². The molecule has 5 heteroatoms. The van der Waals surface area contributed by atoms with Crippen molar-refractivity contribution in [1.29, 1.82) is 0 Å². The Bertz CT molecular complexity index is 629. The van der Waals surface area contributed by atoms with Crippen LogP contribution in [0.15, 0.2) is 42.5 Å². The van der Waals surface area contributed by atoms with Gasteiger partial charge in [0.2, 0.25) is 5.91 Å². The van der Waals surface area contributed by atoms with Crippen molar-refractivity contribution >= 4 is 23.2 Å². The molecule has 2 aromatic carbocycles. The van der Waals surface area contributed by atoms with Crippen molar-refractivity contribution < 1.29 is 9.53 Å². The number of benzene rings is 2. The maximum absolute atomic E-state index is 11.2. The third-order valence-corrected chi connectivity index (χ3v) is 3.09. The van der Waals surface area contributed by atoms with Gasteiger partial charge in [0.25, 0.3) is 0 Å². The van der Waals surface area contributed by atoms with Gasteiger partial charge < -0.3 is 15.8 Å². The number of anilines is 1. The van der Waals surface area contributed by atoms with Gasteiger partial charge in [0.05, 0.1) is 12.8 Å². The molecular formula is C15H15ClN2O2. The number of primary amides is 1. The minimum atomic E-state index is -0.474. The van der Waals surface area contributed by atoms with Crippen LogP contribution in [0.3, 0.4) is 0 Å². The molecule has 0 aromatic heterocycles. The number of amides is 1. The number of methoxy groups -OCH3 is 1. The van der Waals surface area contributed by atoms with E-state index in [-0.39, 0.29) is 0 Å². The number of rotatable bonds is 5. The maximum Gasteiger partial charge on any atom is 0.248 e. The Morgan fingerprint density at radius 2 is 2.10 bits per heavy atom. The van der Waals surface area contributed by atoms with Crippen LogP contribution in [0.4, 0.5) is 5.69 Å². The van der Waals surface area contributed by atoms with Crippen LogP contribution in [0.5, 0.6) is 5.75 Å². The summed E-state index contributed by atoms with van der Waals surface area (Å²) in [6.45, 7) is 0.569. The van der Waals surface area contributed by atoms with Crippen molar-refractivity contribution in [3.05, 3.63) is 58.6 Å². The van der Waals surface area contributed by atoms with Crippen LogP contribution >= 0.6 is 11.6 Å². The van der Waals surface area contributed by atoms with Gasteiger partial charge in [-0.3, -0.25) is 4.79 Å². The van der Waals surface area contributed by atoms with Gasteiger partial charge in [-0.25, -0.2) is 0 Å². The van der Waals surface area contributed by atoms with Gasteiger partial charge in [-0.1, -0.05) is 23.7 Å². The summed E-state index contributed by atoms with van der Waals surface area (Å²) < 4.78 is 5.25. The Morgan fingerprint density at radius 3 is 2.75 bits per heavy atom. The van der Waals surface area contributed by atoms with E-state index < -0.39 is 5.91 Å². The zero-order valence-corrected chi connectivity index (χ0v) is 11.8. The largest absolute Gasteiger partial charge is 0.495 e. The van der Waals surface area contributed by atoms with Gasteiger partial charge >= 0.3 is 0 Å². The van der Waals surface area contributed by atoms with Gasteiger partial charge in [-0.05, 0) is 35.9 Å². The van der Waals surface area contributed by atoms with Crippen molar-refractivity contribution in [3.8, 4) is 5.75 Å². The van der Waals surface area contributed by atoms with Crippen LogP contribution in [0, 0.1) is 0 Å². The minimum absolute atomic E-state index is 0.430. The van der Waals surface area contributed by atoms with Gasteiger partial charge in [-0.2, -0.15) is 0 Å². The number of ether oxygens (including phenoxy) is 1. The van der Waals surface area contributed by atoms with E-state index in [0.29, 0.717) is 28.6 Å². The maximum atomic E-state index is 11.2. The fourth-order valence-corrected chi connectivity index (χ4v) is 2.06. The number of carbonyl (C=O) groups is 1. The molecule has 0 heterocycles. The van der Waals surface area contributed by atoms with E-state index in [1.807, 2.05) is 24.3 Å². The molecule has 0 spiro atoms. The van der Waals surface area contributed by atoms with Crippen LogP contribution in [-0.2, 0) is 6.54 Å². The van der Waals surface area contributed by atoms with Crippen LogP contribution < -0.4 is 15.8 Å². The minimum Gasteiger partial charge on any atom is -0.495 e. The molecule has 20 heavy (non-hydrogen) atoms. The first-order valence-electron chi connectivity index (χ1n) is 6.06. The molecule has 0 aliphatic heterocycles. The smallest absolute Gasteiger partial charge is 0.248 e. The molecule has 4 nitrogen and oxygen atoms in total. The van der Waals surface area contributed by atoms with E-state index in [0.717, 1.165) is 5.56 Å². The van der Waals surface area contributed by atoms with Gasteiger partial charge in [0.1, 0.15) is 5.75 Å². The van der Waals surface area contributed by atoms with Crippen molar-refractivity contribution in [3.63, 3.8) is 0 Å². The fraction of sp³-hybridized carbons (Fsp3) is 0.133. The average Bonchev–Trinajstić information content (AvgIpc) is 2.44. The Balaban J connectivity index is 2.19. The molecule has 0 atom stereocenters. The lowest BCUT2D eigenvalue weighted by molar-refractivity contribution is 0.100. The van der Waals surface area contributed by atoms with E-state index in [4.69, 9.17) is 22.1 Å². The zero-order chi connectivity index (χ0) is 14.5. The lowest BCUT2D eigenvalue weighted by Gasteiger charge is -2.12. The molecule has 1 amide bonds. The lowest BCUT2D eigenvalue weighted by atomic mass is 10.1. The van der Waals surface area contributed by atoms with Gasteiger partial charge in [0.15, 0.2) is 0 Å². The van der Waals surface area contributed by atoms with Crippen molar-refractivity contribution in [2.24, 2.45) is 5.73 Å². The summed E-state index contributed by atoms with van der Waals surface area (Å²) in [5.74, 6) is 0.176. The second-order valence-electron chi connectivity index (χ2n) is 4.26. The summed E-state index contributed by atoms with van der Waals surface area (Å²) in [5, 5.41) is 3.89. The standard InChI is InChI=1S/C15H15ClN2O2/c1-20-14-6-5-11(15(17)19)8-13(14)18-9-10-3-2-4-12(16)7-10/h2-8,18H,9H2,1H3,(H2,17,19). The number of hydrogen-bond acceptors (Lipinski definition) is 3. The molecule has 2 aromatic rings. The molecule has 0 bridgehead atoms. The molecule has 0 fully saturated rings. The van der Waals surface area contributed by atoms with Gasteiger partial charge in [-0.15, -0.1) is 0 Å². The van der Waals surface area contributed by atoms with E-state index in [1.165, 1.54) is 0 Å². The molecular weight excluding hydrogens is 276 g/mol. The van der Waals surface area contributed by atoms with E-state index in [2.05, 4.69) is 5.32 Å². The molecule has 0 radical (unpaired) electrons. The summed E-state index contributed by atoms with van der Waals surface area (Å²) >= 11 is 5.94. The summed E-state index contributed by atoms with van der Waals surface area (Å²) in [6.07, 6.45) is 0. The highest BCUT2D eigenvalue weighted by molar-refractivity contribution is 6.30. The predicted molar refractivity (Wildman–Crippen MR) is 80.3 cm³/mol. The lowest BCUT2D eigenvalue weighted by Crippen LogP contribution is -2.11. The van der Waals surface area contributed by atoms with E-state index >= 15 is 0 Å². The number of carbonyl (C=O) groups excluding carboxylic acids is 1. The van der Waals surface area contributed by atoms with Crippen molar-refractivity contribution in [1.82, 2.24) is 0 Å². The normalized spacial score (nSPS) is 10.1. The average molecular weight is 291 g/mol. The van der Waals surface area contributed by atoms with Gasteiger partial charge in [0, 0.05) is 17.1 Å². The van der Waals surface area contributed by atoms with Crippen LogP contribution in [0.1, 0.15) is 15.9 Å². The van der Waals surface area contributed by atoms with Crippen molar-refractivity contribution in [2.75, 3.05) is 12.4 Å². The summed E-state index contributed by atoms with van der Waals surface area (Å²) in [7, 11) is 1.57. The molecule has 104 valence electrons. The van der Waals surface area contributed by atoms with Crippen LogP contribution in [0.2, 0.25) is 5.02 Å². The van der Waals surface area contributed by atoms with Crippen LogP contribution in [-0.4, -0.2) is 13.0 Å². The summed E-state index contributed by atoms with van der Waals surface area (Å²) in [5.41, 5.74) is 7.45. The SMILES string of the molecule is COc1ccc(C(N)=O)cc1NCc1cccc(Cl)c1. The number of hydrogen-bond donors (Lipinski definition) is 2. The highest BCUT2D eigenvalue weighted by Crippen LogP contribution is 2.26. The number of nitrogens with two attached hydrogens (primary N) is 1. The molecule has 3 N–H and O–H groups in total. The highest BCUT2D eigenvalue weighted by atomic mass is 35.5. The highest BCUT2D eigenvalue weighted by Gasteiger charge is 2.07. The predicted octanol–water partition coefficient (Wildman–Crippen LogP) is 3.06. The topological polar surface area (TPSA) is 64.3 Å². The second-order valence-corrected chi connectivity index (χ2v) is 4.70. The molecule has 0 unspecified atom stereocenters. The Kier molecular flexibility index (Phi) is 4.48. The molecule has 0 aliphatic carbocycles. The zero-order valence-electron chi connectivity index (χ0n) is 11.0. The van der Waals surface area contributed by atoms with Crippen LogP contribution in [0.25, 0.3) is 0 Å². The first-order valence-corrected chi connectivity index (χ1v) is 6.44. The molecule has 0 aliphatic rings. The number of nitrogens with one attached hydrogen (secondary N) is 1. The third-order valence-electron chi connectivity index (χ3n) is 2.86. The molecule has 0 saturated heterocycles. The number of halogens is 1. The Morgan fingerprint density at radius 1 is 1.30 bits per heavy atom. The second kappa shape index (κ2) is 6.30. The molecule has 2 rings (SSSR count). The Hall–Kier alpha value is -2.20. The fourth-order valence-electron chi connectivity index (χ4n) is 1.84. The van der Waals surface area contributed by atoms with E-state index in [9.17, 15) is 4.79 Å². The monoisotopic (exact) mass is 290 g/mol. The third kappa shape index (κ3) is 3.42. The first kappa shape index (κ1) is 14.2. The quantitative estimate of drug-likeness (QED) is 0.889. The Labute approximate surface area is 122 Å². The van der Waals surface area contributed by atoms with Crippen molar-refractivity contribution in [2.45, 2.75) is 6.54 Å².